The van der Waals surface area contributed by atoms with E-state index < -0.39 is 21.2 Å². The molecular weight excluding hydrogens is 212 g/mol. The molecule has 0 heterocycles. The van der Waals surface area contributed by atoms with Crippen LogP contribution in [-0.2, 0) is 10.0 Å². The third-order valence-electron chi connectivity index (χ3n) is 2.45. The summed E-state index contributed by atoms with van der Waals surface area (Å²) in [4.78, 5) is 0. The standard InChI is InChI=1S/C8H15F2NO2S/c1-2-11-14(12,13)7-3-5-8(9,10)6-4-7/h7H,2-6H2,1H3,(H,11,12,13). The molecule has 1 saturated carbocycles. The fraction of sp³-hybridized carbons (Fsp3) is 1.00. The van der Waals surface area contributed by atoms with E-state index in [0.29, 0.717) is 6.54 Å². The van der Waals surface area contributed by atoms with Crippen molar-refractivity contribution in [2.24, 2.45) is 0 Å². The van der Waals surface area contributed by atoms with Crippen LogP contribution in [0.15, 0.2) is 0 Å². The van der Waals surface area contributed by atoms with E-state index in [9.17, 15) is 17.5 Å². The van der Waals surface area contributed by atoms with Crippen molar-refractivity contribution in [3.63, 3.8) is 0 Å². The quantitative estimate of drug-likeness (QED) is 0.736. The fourth-order valence-electron chi connectivity index (χ4n) is 1.64. The Morgan fingerprint density at radius 1 is 1.50 bits per heavy atom. The largest absolute Gasteiger partial charge is 0.730 e. The molecule has 0 radical (unpaired) electrons. The number of rotatable bonds is 2. The van der Waals surface area contributed by atoms with E-state index in [-0.39, 0.29) is 25.7 Å². The highest BCUT2D eigenvalue weighted by molar-refractivity contribution is 7.85. The molecule has 3 nitrogen and oxygen atoms in total. The van der Waals surface area contributed by atoms with Gasteiger partial charge in [-0.2, -0.15) is 0 Å². The molecule has 0 aromatic heterocycles. The molecule has 6 heteroatoms. The Hall–Kier alpha value is -0.230. The van der Waals surface area contributed by atoms with Crippen molar-refractivity contribution >= 4 is 10.0 Å². The van der Waals surface area contributed by atoms with Crippen molar-refractivity contribution in [3.8, 4) is 0 Å². The zero-order valence-electron chi connectivity index (χ0n) is 8.09. The van der Waals surface area contributed by atoms with E-state index in [2.05, 4.69) is 4.36 Å². The van der Waals surface area contributed by atoms with Gasteiger partial charge in [-0.1, -0.05) is 0 Å². The van der Waals surface area contributed by atoms with Gasteiger partial charge in [0.1, 0.15) is 16.6 Å². The molecule has 1 atom stereocenters. The molecular formula is C8H15F2NO2S. The molecule has 1 rings (SSSR count). The lowest BCUT2D eigenvalue weighted by Gasteiger charge is -2.29. The summed E-state index contributed by atoms with van der Waals surface area (Å²) in [5.74, 6) is -2.67. The lowest BCUT2D eigenvalue weighted by Crippen LogP contribution is -2.74. The lowest BCUT2D eigenvalue weighted by atomic mass is 9.96. The number of hydrogen-bond donors (Lipinski definition) is 1. The average Bonchev–Trinajstić information content (AvgIpc) is 2.03. The molecule has 1 fully saturated rings. The molecule has 0 aromatic carbocycles. The Labute approximate surface area is 82.9 Å². The van der Waals surface area contributed by atoms with Crippen molar-refractivity contribution in [2.75, 3.05) is 6.54 Å². The molecule has 0 bridgehead atoms. The minimum Gasteiger partial charge on any atom is -0.730 e. The van der Waals surface area contributed by atoms with Gasteiger partial charge in [-0.25, -0.2) is 17.4 Å². The van der Waals surface area contributed by atoms with E-state index in [1.54, 1.807) is 6.92 Å². The summed E-state index contributed by atoms with van der Waals surface area (Å²) in [5.41, 5.74) is 0. The van der Waals surface area contributed by atoms with E-state index in [0.717, 1.165) is 0 Å². The Morgan fingerprint density at radius 2 is 2.00 bits per heavy atom. The van der Waals surface area contributed by atoms with Crippen molar-refractivity contribution in [1.82, 2.24) is 0 Å². The van der Waals surface area contributed by atoms with E-state index in [4.69, 9.17) is 0 Å². The van der Waals surface area contributed by atoms with Gasteiger partial charge in [0.2, 0.25) is 5.92 Å². The normalized spacial score (nSPS) is 26.9. The van der Waals surface area contributed by atoms with Gasteiger partial charge in [-0.15, -0.1) is 0 Å². The Bertz CT molecular complexity index is 300. The van der Waals surface area contributed by atoms with Crippen LogP contribution in [0.2, 0.25) is 0 Å². The van der Waals surface area contributed by atoms with Crippen LogP contribution < -0.4 is 4.36 Å². The Balaban J connectivity index is 2.67. The number of hydrogen-bond acceptors (Lipinski definition) is 2. The van der Waals surface area contributed by atoms with Crippen LogP contribution in [0.3, 0.4) is 0 Å². The van der Waals surface area contributed by atoms with E-state index >= 15 is 0 Å². The maximum atomic E-state index is 12.7. The highest BCUT2D eigenvalue weighted by atomic mass is 32.2. The molecule has 0 aliphatic heterocycles. The first-order chi connectivity index (χ1) is 6.37. The van der Waals surface area contributed by atoms with Crippen LogP contribution in [0.4, 0.5) is 8.78 Å². The van der Waals surface area contributed by atoms with Gasteiger partial charge in [-0.3, -0.25) is 0 Å². The van der Waals surface area contributed by atoms with Crippen LogP contribution >= 0.6 is 0 Å². The summed E-state index contributed by atoms with van der Waals surface area (Å²) in [6.45, 7) is 1.99. The van der Waals surface area contributed by atoms with Crippen LogP contribution in [0.25, 0.3) is 0 Å². The topological polar surface area (TPSA) is 54.1 Å². The van der Waals surface area contributed by atoms with Crippen LogP contribution in [0, 0.1) is 0 Å². The van der Waals surface area contributed by atoms with Crippen LogP contribution in [-0.4, -0.2) is 26.5 Å². The molecule has 0 aromatic rings. The van der Waals surface area contributed by atoms with Crippen molar-refractivity contribution in [3.05, 3.63) is 0 Å². The summed E-state index contributed by atoms with van der Waals surface area (Å²) >= 11 is 0. The molecule has 14 heavy (non-hydrogen) atoms. The number of alkyl halides is 2. The predicted octanol–water partition coefficient (Wildman–Crippen LogP) is 0.263. The molecule has 0 spiro atoms. The second-order valence-corrected chi connectivity index (χ2v) is 5.64. The van der Waals surface area contributed by atoms with E-state index in [1.165, 1.54) is 0 Å². The molecule has 0 amide bonds. The number of nitrogens with one attached hydrogen (secondary N) is 1. The Kier molecular flexibility index (Phi) is 3.47. The van der Waals surface area contributed by atoms with Gasteiger partial charge < -0.3 is 4.55 Å². The third-order valence-corrected chi connectivity index (χ3v) is 4.49. The first kappa shape index (κ1) is 11.8. The van der Waals surface area contributed by atoms with Gasteiger partial charge >= 0.3 is 0 Å². The lowest BCUT2D eigenvalue weighted by molar-refractivity contribution is -0.432. The van der Waals surface area contributed by atoms with Crippen molar-refractivity contribution < 1.29 is 21.9 Å². The summed E-state index contributed by atoms with van der Waals surface area (Å²) in [5, 5.41) is -0.637. The first-order valence-electron chi connectivity index (χ1n) is 4.74. The fourth-order valence-corrected chi connectivity index (χ4v) is 3.14. The highest BCUT2D eigenvalue weighted by Gasteiger charge is 2.37. The molecule has 1 N–H and O–H groups in total. The maximum absolute atomic E-state index is 12.7. The van der Waals surface area contributed by atoms with Crippen LogP contribution in [0.1, 0.15) is 32.6 Å². The average molecular weight is 227 g/mol. The van der Waals surface area contributed by atoms with Crippen molar-refractivity contribution in [2.45, 2.75) is 43.8 Å². The van der Waals surface area contributed by atoms with Gasteiger partial charge in [-0.05, 0) is 19.8 Å². The van der Waals surface area contributed by atoms with Gasteiger partial charge in [0.25, 0.3) is 0 Å². The summed E-state index contributed by atoms with van der Waals surface area (Å²) in [6, 6.07) is 0. The molecule has 84 valence electrons. The summed E-state index contributed by atoms with van der Waals surface area (Å²) in [7, 11) is -3.37. The zero-order valence-corrected chi connectivity index (χ0v) is 8.91. The minimum absolute atomic E-state index is 0.0579. The maximum Gasteiger partial charge on any atom is 0.248 e. The molecule has 1 unspecified atom stereocenters. The Morgan fingerprint density at radius 3 is 2.43 bits per heavy atom. The first-order valence-corrected chi connectivity index (χ1v) is 6.28. The summed E-state index contributed by atoms with van der Waals surface area (Å²) in [6.07, 6.45) is -0.519. The SMILES string of the molecule is CC[NH+]=S(=O)([O-])C1CCC(F)(F)CC1. The zero-order chi connectivity index (χ0) is 10.8. The van der Waals surface area contributed by atoms with E-state index in [1.807, 2.05) is 0 Å². The number of halogens is 2. The monoisotopic (exact) mass is 227 g/mol. The molecule has 1 aliphatic carbocycles. The van der Waals surface area contributed by atoms with Gasteiger partial charge in [0, 0.05) is 12.8 Å². The smallest absolute Gasteiger partial charge is 0.248 e. The van der Waals surface area contributed by atoms with Crippen LogP contribution in [0.5, 0.6) is 0 Å². The van der Waals surface area contributed by atoms with Gasteiger partial charge in [0.05, 0.1) is 5.25 Å². The molecule has 1 aliphatic rings. The minimum atomic E-state index is -3.37. The summed E-state index contributed by atoms with van der Waals surface area (Å²) < 4.78 is 50.7. The predicted molar refractivity (Wildman–Crippen MR) is 47.6 cm³/mol. The van der Waals surface area contributed by atoms with Crippen molar-refractivity contribution in [1.29, 1.82) is 0 Å². The van der Waals surface area contributed by atoms with Gasteiger partial charge in [0.15, 0.2) is 0 Å². The molecule has 0 saturated heterocycles. The third kappa shape index (κ3) is 2.88. The highest BCUT2D eigenvalue weighted by Crippen LogP contribution is 2.34. The second kappa shape index (κ2) is 4.10. The second-order valence-electron chi connectivity index (χ2n) is 3.60.